The van der Waals surface area contributed by atoms with Gasteiger partial charge in [0.15, 0.2) is 11.3 Å². The maximum atomic E-state index is 13.1. The van der Waals surface area contributed by atoms with Crippen molar-refractivity contribution in [3.8, 4) is 11.5 Å². The summed E-state index contributed by atoms with van der Waals surface area (Å²) in [7, 11) is 0. The van der Waals surface area contributed by atoms with Gasteiger partial charge in [-0.1, -0.05) is 0 Å². The maximum absolute atomic E-state index is 13.1. The van der Waals surface area contributed by atoms with Crippen LogP contribution < -0.4 is 29.9 Å². The van der Waals surface area contributed by atoms with E-state index in [1.165, 1.54) is 12.4 Å². The highest BCUT2D eigenvalue weighted by Crippen LogP contribution is 2.40. The molecule has 0 spiro atoms. The third-order valence-corrected chi connectivity index (χ3v) is 10.8. The number of hydrogen-bond donors (Lipinski definition) is 4. The molecular weight excluding hydrogens is 773 g/mol. The van der Waals surface area contributed by atoms with E-state index in [-0.39, 0.29) is 25.0 Å². The summed E-state index contributed by atoms with van der Waals surface area (Å²) in [6.45, 7) is 9.34. The number of rotatable bonds is 6. The summed E-state index contributed by atoms with van der Waals surface area (Å²) in [6.07, 6.45) is 10.7. The molecule has 60 heavy (non-hydrogen) atoms. The molecule has 4 aliphatic rings. The number of anilines is 4. The Morgan fingerprint density at radius 1 is 0.650 bits per heavy atom. The summed E-state index contributed by atoms with van der Waals surface area (Å²) in [5.74, 6) is 0.889. The van der Waals surface area contributed by atoms with Gasteiger partial charge in [-0.2, -0.15) is 10.2 Å². The first-order valence-corrected chi connectivity index (χ1v) is 19.9. The summed E-state index contributed by atoms with van der Waals surface area (Å²) in [4.78, 5) is 39.1. The second-order valence-corrected chi connectivity index (χ2v) is 15.9. The third kappa shape index (κ3) is 8.14. The zero-order chi connectivity index (χ0) is 41.4. The van der Waals surface area contributed by atoms with Gasteiger partial charge in [0, 0.05) is 75.9 Å². The predicted molar refractivity (Wildman–Crippen MR) is 220 cm³/mol. The number of hydrogen-bond acceptors (Lipinski definition) is 14. The van der Waals surface area contributed by atoms with E-state index in [0.29, 0.717) is 73.1 Å². The second-order valence-electron chi connectivity index (χ2n) is 15.9. The number of nitrogens with zero attached hydrogens (tertiary/aromatic N) is 8. The van der Waals surface area contributed by atoms with Crippen molar-refractivity contribution in [2.75, 3.05) is 86.3 Å². The van der Waals surface area contributed by atoms with Gasteiger partial charge in [-0.15, -0.1) is 0 Å². The van der Waals surface area contributed by atoms with Crippen LogP contribution in [0.4, 0.5) is 22.7 Å². The average molecular weight is 819 g/mol. The van der Waals surface area contributed by atoms with Gasteiger partial charge in [0.2, 0.25) is 0 Å². The molecule has 0 radical (unpaired) electrons. The molecule has 18 heteroatoms. The number of benzene rings is 2. The van der Waals surface area contributed by atoms with Gasteiger partial charge in [0.1, 0.15) is 35.8 Å². The van der Waals surface area contributed by atoms with E-state index in [2.05, 4.69) is 40.6 Å². The second kappa shape index (κ2) is 16.0. The first-order chi connectivity index (χ1) is 29.0. The molecule has 4 aliphatic heterocycles. The Kier molecular flexibility index (Phi) is 10.5. The van der Waals surface area contributed by atoms with Crippen LogP contribution in [0.1, 0.15) is 45.7 Å². The van der Waals surface area contributed by atoms with E-state index >= 15 is 0 Å². The number of carbonyl (C=O) groups excluding carboxylic acids is 2. The zero-order valence-electron chi connectivity index (χ0n) is 33.3. The van der Waals surface area contributed by atoms with Crippen molar-refractivity contribution in [1.82, 2.24) is 29.2 Å². The lowest BCUT2D eigenvalue weighted by Gasteiger charge is -2.34. The van der Waals surface area contributed by atoms with E-state index in [1.807, 2.05) is 24.3 Å². The van der Waals surface area contributed by atoms with Crippen molar-refractivity contribution >= 4 is 45.9 Å². The number of aromatic nitrogens is 6. The van der Waals surface area contributed by atoms with Crippen LogP contribution in [0.25, 0.3) is 11.3 Å². The normalized spacial score (nSPS) is 21.2. The fourth-order valence-electron chi connectivity index (χ4n) is 7.85. The van der Waals surface area contributed by atoms with Crippen molar-refractivity contribution in [1.29, 1.82) is 0 Å². The van der Waals surface area contributed by atoms with E-state index in [0.717, 1.165) is 60.2 Å². The zero-order valence-corrected chi connectivity index (χ0v) is 33.3. The van der Waals surface area contributed by atoms with Gasteiger partial charge in [-0.25, -0.2) is 19.0 Å². The fourth-order valence-corrected chi connectivity index (χ4v) is 7.85. The minimum Gasteiger partial charge on any atom is -0.490 e. The molecule has 2 fully saturated rings. The highest BCUT2D eigenvalue weighted by Gasteiger charge is 2.33. The van der Waals surface area contributed by atoms with Gasteiger partial charge in [0.25, 0.3) is 11.8 Å². The Balaban J connectivity index is 0.000000154. The molecule has 18 nitrogen and oxygen atoms in total. The number of ether oxygens (including phenoxy) is 4. The Labute approximate surface area is 344 Å². The summed E-state index contributed by atoms with van der Waals surface area (Å²) in [5, 5.41) is 35.3. The van der Waals surface area contributed by atoms with Crippen molar-refractivity contribution in [2.45, 2.75) is 37.9 Å². The quantitative estimate of drug-likeness (QED) is 0.191. The molecule has 4 N–H and O–H groups in total. The smallest absolute Gasteiger partial charge is 0.261 e. The molecule has 2 aromatic carbocycles. The van der Waals surface area contributed by atoms with Crippen LogP contribution in [0, 0.1) is 0 Å². The topological polar surface area (TPSA) is 202 Å². The van der Waals surface area contributed by atoms with Crippen LogP contribution in [-0.2, 0) is 22.3 Å². The Morgan fingerprint density at radius 2 is 1.07 bits per heavy atom. The molecule has 2 saturated heterocycles. The largest absolute Gasteiger partial charge is 0.490 e. The molecule has 4 aromatic heterocycles. The van der Waals surface area contributed by atoms with Gasteiger partial charge in [-0.3, -0.25) is 9.59 Å². The number of fused-ring (bicyclic) bond motifs is 4. The molecule has 0 unspecified atom stereocenters. The lowest BCUT2D eigenvalue weighted by Crippen LogP contribution is -2.39. The standard InChI is InChI=1S/2C21H23N5O4/c2*1-21(28)11-14-9-16(17(10-18(14)30-13-21)25-5-7-29-8-6-25)24-20(27)15-12-23-26-4-2-3-22-19(15)26/h2*2-4,9-10,12,28H,5-8,11,13H2,1H3,(H,24,27)/t2*21-/m10/s1. The number of nitrogens with one attached hydrogen (secondary N) is 2. The van der Waals surface area contributed by atoms with E-state index in [1.54, 1.807) is 59.8 Å². The van der Waals surface area contributed by atoms with Crippen LogP contribution in [0.5, 0.6) is 11.5 Å². The number of carbonyl (C=O) groups is 2. The first kappa shape index (κ1) is 39.1. The molecule has 8 heterocycles. The maximum Gasteiger partial charge on any atom is 0.261 e. The van der Waals surface area contributed by atoms with Crippen molar-refractivity contribution < 1.29 is 38.7 Å². The highest BCUT2D eigenvalue weighted by molar-refractivity contribution is 6.10. The van der Waals surface area contributed by atoms with Crippen LogP contribution in [0.2, 0.25) is 0 Å². The molecule has 2 amide bonds. The van der Waals surface area contributed by atoms with Crippen LogP contribution in [-0.4, -0.2) is 128 Å². The first-order valence-electron chi connectivity index (χ1n) is 19.9. The summed E-state index contributed by atoms with van der Waals surface area (Å²) >= 11 is 0. The van der Waals surface area contributed by atoms with Crippen LogP contribution in [0.3, 0.4) is 0 Å². The average Bonchev–Trinajstić information content (AvgIpc) is 3.89. The minimum atomic E-state index is -0.943. The SMILES string of the molecule is C[C@@]1(O)COc2cc(N3CCOCC3)c(NC(=O)c3cnn4cccnc34)cc2C1.C[C@]1(O)COc2cc(N3CCOCC3)c(NC(=O)c3cnn4cccnc34)cc2C1. The Hall–Kier alpha value is -6.34. The van der Waals surface area contributed by atoms with E-state index in [9.17, 15) is 19.8 Å². The summed E-state index contributed by atoms with van der Waals surface area (Å²) in [5.41, 5.74) is 4.67. The number of amides is 2. The summed E-state index contributed by atoms with van der Waals surface area (Å²) in [6, 6.07) is 11.2. The van der Waals surface area contributed by atoms with Gasteiger partial charge in [-0.05, 0) is 49.2 Å². The molecule has 2 atom stereocenters. The lowest BCUT2D eigenvalue weighted by molar-refractivity contribution is -0.000831. The fraction of sp³-hybridized carbons (Fsp3) is 0.381. The van der Waals surface area contributed by atoms with E-state index < -0.39 is 11.2 Å². The summed E-state index contributed by atoms with van der Waals surface area (Å²) < 4.78 is 25.7. The molecule has 6 aromatic rings. The van der Waals surface area contributed by atoms with Gasteiger partial charge < -0.3 is 49.6 Å². The molecule has 0 saturated carbocycles. The predicted octanol–water partition coefficient (Wildman–Crippen LogP) is 3.01. The Bertz CT molecular complexity index is 2380. The Morgan fingerprint density at radius 3 is 1.48 bits per heavy atom. The molecule has 0 bridgehead atoms. The van der Waals surface area contributed by atoms with Crippen molar-refractivity contribution in [2.24, 2.45) is 0 Å². The molecule has 312 valence electrons. The van der Waals surface area contributed by atoms with Crippen molar-refractivity contribution in [3.05, 3.63) is 95.8 Å². The van der Waals surface area contributed by atoms with Crippen molar-refractivity contribution in [3.63, 3.8) is 0 Å². The monoisotopic (exact) mass is 818 g/mol. The van der Waals surface area contributed by atoms with Gasteiger partial charge >= 0.3 is 0 Å². The van der Waals surface area contributed by atoms with E-state index in [4.69, 9.17) is 18.9 Å². The third-order valence-electron chi connectivity index (χ3n) is 10.8. The number of aliphatic hydroxyl groups is 2. The van der Waals surface area contributed by atoms with Crippen LogP contribution >= 0.6 is 0 Å². The number of morpholine rings is 2. The lowest BCUT2D eigenvalue weighted by atomic mass is 9.93. The molecular formula is C42H46N10O8. The highest BCUT2D eigenvalue weighted by atomic mass is 16.5. The van der Waals surface area contributed by atoms with Crippen LogP contribution in [0.15, 0.2) is 73.6 Å². The molecule has 0 aliphatic carbocycles. The minimum absolute atomic E-state index is 0.238. The molecule has 10 rings (SSSR count). The van der Waals surface area contributed by atoms with Gasteiger partial charge in [0.05, 0.1) is 72.8 Å².